The van der Waals surface area contributed by atoms with Crippen molar-refractivity contribution >= 4 is 21.6 Å². The zero-order chi connectivity index (χ0) is 12.2. The molecule has 0 aromatic heterocycles. The zero-order valence-electron chi connectivity index (χ0n) is 8.40. The second-order valence-corrected chi connectivity index (χ2v) is 4.83. The van der Waals surface area contributed by atoms with E-state index in [1.807, 2.05) is 11.0 Å². The molecule has 0 amide bonds. The molecule has 0 spiro atoms. The molecule has 0 saturated heterocycles. The number of nitrogens with zero attached hydrogens (tertiary/aromatic N) is 1. The topological polar surface area (TPSA) is 79.2 Å². The summed E-state index contributed by atoms with van der Waals surface area (Å²) in [5.74, 6) is 0. The van der Waals surface area contributed by atoms with Crippen molar-refractivity contribution in [2.24, 2.45) is 0 Å². The van der Waals surface area contributed by atoms with Crippen molar-refractivity contribution in [3.05, 3.63) is 28.8 Å². The van der Waals surface area contributed by atoms with Gasteiger partial charge in [-0.15, -0.1) is 0 Å². The Hall–Kier alpha value is -1.13. The molecule has 86 valence electrons. The van der Waals surface area contributed by atoms with Crippen molar-refractivity contribution in [2.75, 3.05) is 6.61 Å². The van der Waals surface area contributed by atoms with Gasteiger partial charge in [0.15, 0.2) is 0 Å². The Balaban J connectivity index is 3.07. The molecular weight excluding hydrogens is 252 g/mol. The van der Waals surface area contributed by atoms with Gasteiger partial charge in [-0.05, 0) is 25.1 Å². The highest BCUT2D eigenvalue weighted by atomic mass is 35.5. The van der Waals surface area contributed by atoms with E-state index in [2.05, 4.69) is 4.84 Å². The van der Waals surface area contributed by atoms with Crippen LogP contribution >= 0.6 is 11.6 Å². The van der Waals surface area contributed by atoms with E-state index in [1.165, 1.54) is 18.2 Å². The molecule has 1 rings (SSSR count). The number of benzene rings is 1. The fraction of sp³-hybridized carbons (Fsp3) is 0.222. The second-order valence-electron chi connectivity index (χ2n) is 2.77. The van der Waals surface area contributed by atoms with E-state index in [0.717, 1.165) is 0 Å². The van der Waals surface area contributed by atoms with Crippen molar-refractivity contribution in [3.63, 3.8) is 0 Å². The molecule has 7 heteroatoms. The number of nitriles is 1. The third-order valence-corrected chi connectivity index (χ3v) is 3.21. The van der Waals surface area contributed by atoms with Crippen LogP contribution in [0.2, 0.25) is 5.02 Å². The second kappa shape index (κ2) is 5.27. The van der Waals surface area contributed by atoms with Gasteiger partial charge >= 0.3 is 0 Å². The summed E-state index contributed by atoms with van der Waals surface area (Å²) in [7, 11) is -3.74. The molecule has 0 bridgehead atoms. The van der Waals surface area contributed by atoms with E-state index in [0.29, 0.717) is 0 Å². The Kier molecular flexibility index (Phi) is 4.26. The van der Waals surface area contributed by atoms with Crippen LogP contribution in [0.3, 0.4) is 0 Å². The fourth-order valence-electron chi connectivity index (χ4n) is 0.938. The van der Waals surface area contributed by atoms with Crippen LogP contribution < -0.4 is 4.89 Å². The number of hydrogen-bond acceptors (Lipinski definition) is 4. The summed E-state index contributed by atoms with van der Waals surface area (Å²) in [4.78, 5) is 6.47. The maximum absolute atomic E-state index is 11.6. The van der Waals surface area contributed by atoms with Gasteiger partial charge in [-0.3, -0.25) is 4.84 Å². The minimum absolute atomic E-state index is 0.0510. The van der Waals surface area contributed by atoms with Crippen LogP contribution in [-0.2, 0) is 14.9 Å². The lowest BCUT2D eigenvalue weighted by Gasteiger charge is -2.06. The predicted molar refractivity (Wildman–Crippen MR) is 58.1 cm³/mol. The molecule has 5 nitrogen and oxygen atoms in total. The first-order valence-corrected chi connectivity index (χ1v) is 6.20. The standard InChI is InChI=1S/C9H9ClN2O3S/c1-2-15-12-16(13,14)8-4-3-7(6-11)9(10)5-8/h3-5,12H,2H2,1H3. The number of nitrogens with one attached hydrogen (secondary N) is 1. The fourth-order valence-corrected chi connectivity index (χ4v) is 2.12. The average Bonchev–Trinajstić information content (AvgIpc) is 2.26. The quantitative estimate of drug-likeness (QED) is 0.831. The molecule has 0 heterocycles. The Morgan fingerprint density at radius 2 is 2.25 bits per heavy atom. The summed E-state index contributed by atoms with van der Waals surface area (Å²) >= 11 is 5.71. The monoisotopic (exact) mass is 260 g/mol. The highest BCUT2D eigenvalue weighted by Gasteiger charge is 2.15. The van der Waals surface area contributed by atoms with Crippen molar-refractivity contribution < 1.29 is 13.3 Å². The number of sulfonamides is 1. The van der Waals surface area contributed by atoms with Gasteiger partial charge in [0.2, 0.25) is 0 Å². The SMILES string of the molecule is CCONS(=O)(=O)c1ccc(C#N)c(Cl)c1. The minimum Gasteiger partial charge on any atom is -0.287 e. The van der Waals surface area contributed by atoms with Gasteiger partial charge in [0.1, 0.15) is 6.07 Å². The van der Waals surface area contributed by atoms with Crippen LogP contribution in [0.5, 0.6) is 0 Å². The maximum atomic E-state index is 11.6. The van der Waals surface area contributed by atoms with Gasteiger partial charge in [-0.1, -0.05) is 16.5 Å². The van der Waals surface area contributed by atoms with Crippen molar-refractivity contribution in [2.45, 2.75) is 11.8 Å². The predicted octanol–water partition coefficient (Wildman–Crippen LogP) is 1.44. The number of rotatable bonds is 4. The molecule has 0 atom stereocenters. The first-order chi connectivity index (χ1) is 7.51. The number of halogens is 1. The van der Waals surface area contributed by atoms with Crippen LogP contribution in [0.15, 0.2) is 23.1 Å². The first-order valence-electron chi connectivity index (χ1n) is 4.34. The van der Waals surface area contributed by atoms with Crippen LogP contribution in [0.4, 0.5) is 0 Å². The Morgan fingerprint density at radius 3 is 2.75 bits per heavy atom. The van der Waals surface area contributed by atoms with E-state index >= 15 is 0 Å². The van der Waals surface area contributed by atoms with E-state index in [1.54, 1.807) is 6.92 Å². The molecule has 1 aromatic carbocycles. The summed E-state index contributed by atoms with van der Waals surface area (Å²) in [5, 5.41) is 8.71. The van der Waals surface area contributed by atoms with Gasteiger partial charge < -0.3 is 0 Å². The molecule has 16 heavy (non-hydrogen) atoms. The zero-order valence-corrected chi connectivity index (χ0v) is 9.97. The molecule has 0 unspecified atom stereocenters. The summed E-state index contributed by atoms with van der Waals surface area (Å²) in [6.45, 7) is 1.86. The lowest BCUT2D eigenvalue weighted by molar-refractivity contribution is 0.105. The normalized spacial score (nSPS) is 11.1. The van der Waals surface area contributed by atoms with E-state index < -0.39 is 10.0 Å². The summed E-state index contributed by atoms with van der Waals surface area (Å²) in [6, 6.07) is 5.65. The maximum Gasteiger partial charge on any atom is 0.262 e. The Bertz CT molecular complexity index is 522. The van der Waals surface area contributed by atoms with Gasteiger partial charge in [0.05, 0.1) is 22.1 Å². The van der Waals surface area contributed by atoms with E-state index in [-0.39, 0.29) is 22.1 Å². The molecule has 1 N–H and O–H groups in total. The highest BCUT2D eigenvalue weighted by Crippen LogP contribution is 2.19. The van der Waals surface area contributed by atoms with Gasteiger partial charge in [-0.2, -0.15) is 5.26 Å². The molecule has 0 aliphatic rings. The minimum atomic E-state index is -3.74. The first kappa shape index (κ1) is 12.9. The van der Waals surface area contributed by atoms with E-state index in [9.17, 15) is 8.42 Å². The van der Waals surface area contributed by atoms with Crippen molar-refractivity contribution in [3.8, 4) is 6.07 Å². The lowest BCUT2D eigenvalue weighted by atomic mass is 10.2. The van der Waals surface area contributed by atoms with Crippen LogP contribution in [-0.4, -0.2) is 15.0 Å². The molecular formula is C9H9ClN2O3S. The highest BCUT2D eigenvalue weighted by molar-refractivity contribution is 7.89. The average molecular weight is 261 g/mol. The third-order valence-electron chi connectivity index (χ3n) is 1.68. The summed E-state index contributed by atoms with van der Waals surface area (Å²) < 4.78 is 23.1. The molecule has 1 aromatic rings. The molecule has 0 aliphatic heterocycles. The number of hydrogen-bond donors (Lipinski definition) is 1. The van der Waals surface area contributed by atoms with E-state index in [4.69, 9.17) is 16.9 Å². The third kappa shape index (κ3) is 2.93. The lowest BCUT2D eigenvalue weighted by Crippen LogP contribution is -2.23. The van der Waals surface area contributed by atoms with Crippen LogP contribution in [0.1, 0.15) is 12.5 Å². The smallest absolute Gasteiger partial charge is 0.262 e. The van der Waals surface area contributed by atoms with Crippen molar-refractivity contribution in [1.29, 1.82) is 5.26 Å². The Labute approximate surface area is 98.6 Å². The van der Waals surface area contributed by atoms with Gasteiger partial charge in [-0.25, -0.2) is 8.42 Å². The molecule has 0 fully saturated rings. The van der Waals surface area contributed by atoms with Gasteiger partial charge in [0.25, 0.3) is 10.0 Å². The molecule has 0 radical (unpaired) electrons. The Morgan fingerprint density at radius 1 is 1.56 bits per heavy atom. The van der Waals surface area contributed by atoms with Crippen molar-refractivity contribution in [1.82, 2.24) is 4.89 Å². The van der Waals surface area contributed by atoms with Crippen LogP contribution in [0, 0.1) is 11.3 Å². The molecule has 0 aliphatic carbocycles. The molecule has 0 saturated carbocycles. The van der Waals surface area contributed by atoms with Crippen LogP contribution in [0.25, 0.3) is 0 Å². The summed E-state index contributed by atoms with van der Waals surface area (Å²) in [6.07, 6.45) is 0. The largest absolute Gasteiger partial charge is 0.287 e. The van der Waals surface area contributed by atoms with Gasteiger partial charge in [0, 0.05) is 0 Å². The summed E-state index contributed by atoms with van der Waals surface area (Å²) in [5.41, 5.74) is 0.219.